The predicted octanol–water partition coefficient (Wildman–Crippen LogP) is 3.05. The van der Waals surface area contributed by atoms with Gasteiger partial charge in [0.05, 0.1) is 24.5 Å². The number of hydrogen-bond acceptors (Lipinski definition) is 8. The fourth-order valence-electron chi connectivity index (χ4n) is 7.81. The third kappa shape index (κ3) is 2.70. The third-order valence-electron chi connectivity index (χ3n) is 9.77. The molecule has 3 N–H and O–H groups in total. The van der Waals surface area contributed by atoms with Crippen LogP contribution in [0.2, 0.25) is 0 Å². The number of aliphatic hydroxyl groups excluding tert-OH is 2. The number of ketones is 1. The Labute approximate surface area is 209 Å². The Morgan fingerprint density at radius 3 is 2.72 bits per heavy atom. The average molecular weight is 496 g/mol. The van der Waals surface area contributed by atoms with E-state index in [9.17, 15) is 20.1 Å². The van der Waals surface area contributed by atoms with Crippen molar-refractivity contribution in [3.8, 4) is 11.6 Å². The standard InChI is InChI=1S/C28H33NO7/c1-13-11-27-14(2)8-19-21(26(19,3)4)18(23(27)32)9-15(12-30)22(31)28(27,33)24(13)35-25-17-10-16(34-5)6-7-20(17)36-29-25/h6-7,9-11,14,18-19,21-22,24,30-31,33H,8,12H2,1-5H3/t14-,18+,19-,21+,22-,24+,27?,28+/m1/s1. The molecule has 0 radical (unpaired) electrons. The number of hydrogen-bond donors (Lipinski definition) is 3. The summed E-state index contributed by atoms with van der Waals surface area (Å²) in [6.07, 6.45) is 1.68. The normalized spacial score (nSPS) is 40.5. The minimum absolute atomic E-state index is 0.0212. The van der Waals surface area contributed by atoms with E-state index in [0.717, 1.165) is 6.42 Å². The minimum Gasteiger partial charge on any atom is -0.497 e. The first-order chi connectivity index (χ1) is 17.0. The smallest absolute Gasteiger partial charge is 0.262 e. The first-order valence-corrected chi connectivity index (χ1v) is 12.6. The summed E-state index contributed by atoms with van der Waals surface area (Å²) in [4.78, 5) is 14.4. The van der Waals surface area contributed by atoms with Gasteiger partial charge in [-0.3, -0.25) is 4.79 Å². The van der Waals surface area contributed by atoms with E-state index < -0.39 is 35.7 Å². The number of allylic oxidation sites excluding steroid dienone is 1. The predicted molar refractivity (Wildman–Crippen MR) is 130 cm³/mol. The van der Waals surface area contributed by atoms with Crippen molar-refractivity contribution >= 4 is 16.8 Å². The zero-order valence-corrected chi connectivity index (χ0v) is 21.2. The lowest BCUT2D eigenvalue weighted by Gasteiger charge is -2.48. The van der Waals surface area contributed by atoms with Gasteiger partial charge in [0.2, 0.25) is 0 Å². The number of fused-ring (bicyclic) bond motifs is 4. The maximum atomic E-state index is 14.4. The lowest BCUT2D eigenvalue weighted by Crippen LogP contribution is -2.66. The largest absolute Gasteiger partial charge is 0.497 e. The van der Waals surface area contributed by atoms with E-state index >= 15 is 0 Å². The van der Waals surface area contributed by atoms with Crippen molar-refractivity contribution < 1.29 is 34.1 Å². The zero-order chi connectivity index (χ0) is 25.8. The monoisotopic (exact) mass is 495 g/mol. The number of carbonyl (C=O) groups is 1. The first-order valence-electron chi connectivity index (χ1n) is 12.6. The van der Waals surface area contributed by atoms with Gasteiger partial charge in [-0.25, -0.2) is 0 Å². The van der Waals surface area contributed by atoms with Crippen molar-refractivity contribution in [2.45, 2.75) is 51.9 Å². The highest BCUT2D eigenvalue weighted by Crippen LogP contribution is 2.71. The van der Waals surface area contributed by atoms with Gasteiger partial charge in [0.1, 0.15) is 11.9 Å². The molecule has 36 heavy (non-hydrogen) atoms. The molecule has 192 valence electrons. The van der Waals surface area contributed by atoms with E-state index in [1.165, 1.54) is 0 Å². The number of nitrogens with zero attached hydrogens (tertiary/aromatic N) is 1. The lowest BCUT2D eigenvalue weighted by atomic mass is 9.59. The van der Waals surface area contributed by atoms with Gasteiger partial charge in [0.25, 0.3) is 5.88 Å². The number of aromatic nitrogens is 1. The van der Waals surface area contributed by atoms with Crippen molar-refractivity contribution in [1.29, 1.82) is 0 Å². The Bertz CT molecular complexity index is 1320. The summed E-state index contributed by atoms with van der Waals surface area (Å²) in [5.74, 6) is 0.263. The molecule has 0 saturated heterocycles. The molecule has 8 atom stereocenters. The molecule has 6 rings (SSSR count). The van der Waals surface area contributed by atoms with Gasteiger partial charge < -0.3 is 29.3 Å². The van der Waals surface area contributed by atoms with Crippen LogP contribution in [0, 0.1) is 34.5 Å². The molecule has 8 nitrogen and oxygen atoms in total. The molecule has 1 aromatic carbocycles. The van der Waals surface area contributed by atoms with Crippen LogP contribution < -0.4 is 9.47 Å². The highest BCUT2D eigenvalue weighted by atomic mass is 16.6. The second kappa shape index (κ2) is 7.43. The fourth-order valence-corrected chi connectivity index (χ4v) is 7.81. The quantitative estimate of drug-likeness (QED) is 0.554. The number of carbonyl (C=O) groups excluding carboxylic acids is 1. The second-order valence-corrected chi connectivity index (χ2v) is 11.7. The SMILES string of the molecule is COc1ccc2onc(O[C@H]3C(C)=CC45C(=O)[C@@H](C=C(CO)[C@@H](O)[C@]34O)[C@H]3[C@@H](C[C@H]5C)C3(C)C)c2c1. The highest BCUT2D eigenvalue weighted by Gasteiger charge is 2.76. The fraction of sp³-hybridized carbons (Fsp3) is 0.571. The van der Waals surface area contributed by atoms with Crippen LogP contribution in [0.5, 0.6) is 11.6 Å². The Hall–Kier alpha value is -2.68. The topological polar surface area (TPSA) is 122 Å². The molecule has 1 spiro atoms. The van der Waals surface area contributed by atoms with Crippen molar-refractivity contribution in [2.24, 2.45) is 34.5 Å². The van der Waals surface area contributed by atoms with Crippen LogP contribution in [0.4, 0.5) is 0 Å². The second-order valence-electron chi connectivity index (χ2n) is 11.7. The van der Waals surface area contributed by atoms with Crippen molar-refractivity contribution in [2.75, 3.05) is 13.7 Å². The van der Waals surface area contributed by atoms with E-state index in [0.29, 0.717) is 28.2 Å². The van der Waals surface area contributed by atoms with Gasteiger partial charge in [-0.05, 0) is 71.0 Å². The molecule has 1 aromatic heterocycles. The van der Waals surface area contributed by atoms with Gasteiger partial charge in [-0.15, -0.1) is 0 Å². The van der Waals surface area contributed by atoms with E-state index in [1.54, 1.807) is 38.3 Å². The number of ether oxygens (including phenoxy) is 2. The summed E-state index contributed by atoms with van der Waals surface area (Å²) in [6.45, 7) is 7.66. The van der Waals surface area contributed by atoms with Gasteiger partial charge >= 0.3 is 0 Å². The Balaban J connectivity index is 1.51. The van der Waals surface area contributed by atoms with Crippen LogP contribution >= 0.6 is 0 Å². The molecule has 2 saturated carbocycles. The van der Waals surface area contributed by atoms with Crippen LogP contribution in [-0.4, -0.2) is 57.8 Å². The summed E-state index contributed by atoms with van der Waals surface area (Å²) < 4.78 is 17.1. The third-order valence-corrected chi connectivity index (χ3v) is 9.77. The summed E-state index contributed by atoms with van der Waals surface area (Å²) in [5, 5.41) is 39.1. The van der Waals surface area contributed by atoms with Crippen molar-refractivity contribution in [3.63, 3.8) is 0 Å². The summed E-state index contributed by atoms with van der Waals surface area (Å²) >= 11 is 0. The Kier molecular flexibility index (Phi) is 4.89. The van der Waals surface area contributed by atoms with Gasteiger partial charge in [-0.1, -0.05) is 32.9 Å². The van der Waals surface area contributed by atoms with Gasteiger partial charge in [-0.2, -0.15) is 0 Å². The lowest BCUT2D eigenvalue weighted by molar-refractivity contribution is -0.186. The van der Waals surface area contributed by atoms with Crippen LogP contribution in [0.25, 0.3) is 11.0 Å². The van der Waals surface area contributed by atoms with E-state index in [4.69, 9.17) is 14.0 Å². The molecular formula is C28H33NO7. The average Bonchev–Trinajstić information content (AvgIpc) is 3.13. The number of rotatable bonds is 4. The van der Waals surface area contributed by atoms with Gasteiger partial charge in [0, 0.05) is 5.92 Å². The van der Waals surface area contributed by atoms with Crippen molar-refractivity contribution in [3.05, 3.63) is 41.5 Å². The molecule has 4 aliphatic rings. The summed E-state index contributed by atoms with van der Waals surface area (Å²) in [6, 6.07) is 5.18. The zero-order valence-electron chi connectivity index (χ0n) is 21.2. The summed E-state index contributed by atoms with van der Waals surface area (Å²) in [7, 11) is 1.55. The molecule has 1 unspecified atom stereocenters. The number of aliphatic hydroxyl groups is 3. The molecule has 8 heteroatoms. The van der Waals surface area contributed by atoms with Crippen LogP contribution in [-0.2, 0) is 4.79 Å². The molecular weight excluding hydrogens is 462 g/mol. The van der Waals surface area contributed by atoms with Crippen LogP contribution in [0.15, 0.2) is 46.0 Å². The molecule has 2 aromatic rings. The number of methoxy groups -OCH3 is 1. The molecule has 0 aliphatic heterocycles. The molecule has 2 fully saturated rings. The first kappa shape index (κ1) is 23.7. The Morgan fingerprint density at radius 2 is 2.03 bits per heavy atom. The maximum Gasteiger partial charge on any atom is 0.262 e. The molecule has 1 heterocycles. The molecule has 4 aliphatic carbocycles. The van der Waals surface area contributed by atoms with Crippen molar-refractivity contribution in [1.82, 2.24) is 5.16 Å². The van der Waals surface area contributed by atoms with Crippen LogP contribution in [0.1, 0.15) is 34.1 Å². The van der Waals surface area contributed by atoms with Gasteiger partial charge in [0.15, 0.2) is 23.1 Å². The highest BCUT2D eigenvalue weighted by molar-refractivity contribution is 5.95. The number of Topliss-reactive ketones (excluding diaryl/α,β-unsaturated/α-hetero) is 1. The minimum atomic E-state index is -2.04. The molecule has 2 bridgehead atoms. The van der Waals surface area contributed by atoms with E-state index in [2.05, 4.69) is 19.0 Å². The Morgan fingerprint density at radius 1 is 1.28 bits per heavy atom. The van der Waals surface area contributed by atoms with Crippen LogP contribution in [0.3, 0.4) is 0 Å². The molecule has 0 amide bonds. The maximum absolute atomic E-state index is 14.4. The van der Waals surface area contributed by atoms with E-state index in [1.807, 2.05) is 13.0 Å². The summed E-state index contributed by atoms with van der Waals surface area (Å²) in [5.41, 5.74) is -2.08. The van der Waals surface area contributed by atoms with E-state index in [-0.39, 0.29) is 34.5 Å². The number of benzene rings is 1.